The van der Waals surface area contributed by atoms with Crippen LogP contribution in [0.3, 0.4) is 0 Å². The van der Waals surface area contributed by atoms with Crippen LogP contribution in [0.25, 0.3) is 4.85 Å². The van der Waals surface area contributed by atoms with Gasteiger partial charge in [-0.1, -0.05) is 81.4 Å². The van der Waals surface area contributed by atoms with Crippen LogP contribution in [0.4, 0.5) is 0 Å². The molecule has 0 aliphatic heterocycles. The van der Waals surface area contributed by atoms with Gasteiger partial charge in [0.2, 0.25) is 8.07 Å². The van der Waals surface area contributed by atoms with Crippen molar-refractivity contribution < 1.29 is 9.53 Å². The third-order valence-corrected chi connectivity index (χ3v) is 10.0. The lowest BCUT2D eigenvalue weighted by molar-refractivity contribution is -0.143. The first-order chi connectivity index (χ1) is 13.4. The number of esters is 1. The molecule has 28 heavy (non-hydrogen) atoms. The quantitative estimate of drug-likeness (QED) is 0.337. The van der Waals surface area contributed by atoms with Gasteiger partial charge in [0.05, 0.1) is 13.0 Å². The van der Waals surface area contributed by atoms with E-state index in [-0.39, 0.29) is 18.1 Å². The highest BCUT2D eigenvalue weighted by Gasteiger charge is 2.47. The molecule has 2 aromatic carbocycles. The molecule has 0 spiro atoms. The molecule has 0 N–H and O–H groups in total. The van der Waals surface area contributed by atoms with Crippen LogP contribution in [-0.4, -0.2) is 26.7 Å². The van der Waals surface area contributed by atoms with Crippen LogP contribution in [0.15, 0.2) is 60.7 Å². The Kier molecular flexibility index (Phi) is 7.21. The Hall–Kier alpha value is -2.82. The molecule has 0 saturated heterocycles. The molecule has 1 atom stereocenters. The predicted molar refractivity (Wildman–Crippen MR) is 117 cm³/mol. The van der Waals surface area contributed by atoms with Gasteiger partial charge >= 0.3 is 12.0 Å². The van der Waals surface area contributed by atoms with Crippen LogP contribution in [0, 0.1) is 18.0 Å². The molecule has 4 heteroatoms. The van der Waals surface area contributed by atoms with Gasteiger partial charge in [0.1, 0.15) is 0 Å². The van der Waals surface area contributed by atoms with Gasteiger partial charge < -0.3 is 9.58 Å². The average molecular weight is 390 g/mol. The Balaban J connectivity index is 2.58. The van der Waals surface area contributed by atoms with Gasteiger partial charge in [0, 0.05) is 0 Å². The van der Waals surface area contributed by atoms with E-state index in [2.05, 4.69) is 61.3 Å². The molecular formula is C24H27NO2Si. The second-order valence-corrected chi connectivity index (χ2v) is 12.0. The van der Waals surface area contributed by atoms with Gasteiger partial charge in [-0.05, 0) is 22.3 Å². The zero-order chi connectivity index (χ0) is 20.6. The third-order valence-electron chi connectivity index (χ3n) is 4.82. The van der Waals surface area contributed by atoms with Gasteiger partial charge in [-0.3, -0.25) is 0 Å². The largest absolute Gasteiger partial charge is 0.460 e. The Morgan fingerprint density at radius 2 is 1.57 bits per heavy atom. The van der Waals surface area contributed by atoms with Crippen molar-refractivity contribution in [3.8, 4) is 11.5 Å². The maximum atomic E-state index is 12.0. The molecule has 0 saturated carbocycles. The molecule has 0 fully saturated rings. The minimum absolute atomic E-state index is 0.0831. The topological polar surface area (TPSA) is 30.7 Å². The summed E-state index contributed by atoms with van der Waals surface area (Å²) in [6.45, 7) is 16.0. The highest BCUT2D eigenvalue weighted by molar-refractivity contribution is 7.10. The van der Waals surface area contributed by atoms with E-state index in [0.717, 1.165) is 0 Å². The molecule has 1 unspecified atom stereocenters. The van der Waals surface area contributed by atoms with Gasteiger partial charge in [-0.2, -0.15) is 0 Å². The minimum atomic E-state index is -2.50. The maximum Gasteiger partial charge on any atom is 0.391 e. The van der Waals surface area contributed by atoms with E-state index in [1.54, 1.807) is 6.92 Å². The Morgan fingerprint density at radius 1 is 1.07 bits per heavy atom. The Morgan fingerprint density at radius 3 is 1.96 bits per heavy atom. The average Bonchev–Trinajstić information content (AvgIpc) is 2.69. The molecule has 0 heterocycles. The predicted octanol–water partition coefficient (Wildman–Crippen LogP) is 3.83. The zero-order valence-electron chi connectivity index (χ0n) is 17.0. The van der Waals surface area contributed by atoms with E-state index in [1.807, 2.05) is 36.4 Å². The SMILES string of the molecule is [C-]#[N+]C(CC#C[Si](c1ccccc1)(c1ccccc1)C(C)(C)C)C(=O)OCC. The summed E-state index contributed by atoms with van der Waals surface area (Å²) in [6, 6.07) is 20.0. The van der Waals surface area contributed by atoms with Crippen LogP contribution in [-0.2, 0) is 9.53 Å². The van der Waals surface area contributed by atoms with E-state index in [1.165, 1.54) is 10.4 Å². The summed E-state index contributed by atoms with van der Waals surface area (Å²) >= 11 is 0. The normalized spacial score (nSPS) is 12.2. The molecular weight excluding hydrogens is 362 g/mol. The number of carbonyl (C=O) groups is 1. The van der Waals surface area contributed by atoms with Crippen molar-refractivity contribution in [2.75, 3.05) is 6.61 Å². The molecule has 0 radical (unpaired) electrons. The van der Waals surface area contributed by atoms with Crippen molar-refractivity contribution in [1.29, 1.82) is 0 Å². The van der Waals surface area contributed by atoms with Gasteiger partial charge in [-0.25, -0.2) is 11.4 Å². The smallest absolute Gasteiger partial charge is 0.391 e. The van der Waals surface area contributed by atoms with Gasteiger partial charge in [-0.15, -0.1) is 11.5 Å². The molecule has 0 amide bonds. The summed E-state index contributed by atoms with van der Waals surface area (Å²) in [4.78, 5) is 15.4. The van der Waals surface area contributed by atoms with Crippen LogP contribution in [0.2, 0.25) is 5.04 Å². The summed E-state index contributed by atoms with van der Waals surface area (Å²) in [5.41, 5.74) is 3.61. The van der Waals surface area contributed by atoms with Crippen molar-refractivity contribution in [3.05, 3.63) is 72.1 Å². The van der Waals surface area contributed by atoms with Gasteiger partial charge in [0.25, 0.3) is 0 Å². The van der Waals surface area contributed by atoms with E-state index in [4.69, 9.17) is 11.3 Å². The number of nitrogens with zero attached hydrogens (tertiary/aromatic N) is 1. The van der Waals surface area contributed by atoms with E-state index < -0.39 is 20.1 Å². The second kappa shape index (κ2) is 9.40. The molecule has 0 aromatic heterocycles. The summed E-state index contributed by atoms with van der Waals surface area (Å²) in [6.07, 6.45) is 0.187. The fraction of sp³-hybridized carbons (Fsp3) is 0.333. The second-order valence-electron chi connectivity index (χ2n) is 7.63. The molecule has 2 aromatic rings. The van der Waals surface area contributed by atoms with Crippen molar-refractivity contribution in [2.24, 2.45) is 0 Å². The number of carbonyl (C=O) groups excluding carboxylic acids is 1. The number of hydrogen-bond donors (Lipinski definition) is 0. The van der Waals surface area contributed by atoms with Crippen molar-refractivity contribution >= 4 is 24.4 Å². The number of rotatable bonds is 5. The monoisotopic (exact) mass is 389 g/mol. The molecule has 0 aliphatic rings. The lowest BCUT2D eigenvalue weighted by Gasteiger charge is -2.39. The highest BCUT2D eigenvalue weighted by Crippen LogP contribution is 2.35. The van der Waals surface area contributed by atoms with Crippen molar-refractivity contribution in [3.63, 3.8) is 0 Å². The number of benzene rings is 2. The molecule has 0 bridgehead atoms. The third kappa shape index (κ3) is 4.53. The first-order valence-corrected chi connectivity index (χ1v) is 11.5. The summed E-state index contributed by atoms with van der Waals surface area (Å²) in [5.74, 6) is 2.73. The van der Waals surface area contributed by atoms with Crippen LogP contribution < -0.4 is 10.4 Å². The number of ether oxygens (including phenoxy) is 1. The fourth-order valence-electron chi connectivity index (χ4n) is 3.44. The van der Waals surface area contributed by atoms with Crippen LogP contribution >= 0.6 is 0 Å². The lowest BCUT2D eigenvalue weighted by atomic mass is 10.2. The highest BCUT2D eigenvalue weighted by atomic mass is 28.3. The summed E-state index contributed by atoms with van der Waals surface area (Å²) in [5, 5.41) is 2.38. The maximum absolute atomic E-state index is 12.0. The van der Waals surface area contributed by atoms with Crippen molar-refractivity contribution in [1.82, 2.24) is 0 Å². The molecule has 2 rings (SSSR count). The van der Waals surface area contributed by atoms with Gasteiger partial charge in [0.15, 0.2) is 0 Å². The fourth-order valence-corrected chi connectivity index (χ4v) is 7.92. The van der Waals surface area contributed by atoms with E-state index in [9.17, 15) is 4.79 Å². The molecule has 3 nitrogen and oxygen atoms in total. The number of hydrogen-bond acceptors (Lipinski definition) is 2. The molecule has 0 aliphatic carbocycles. The van der Waals surface area contributed by atoms with Crippen LogP contribution in [0.1, 0.15) is 34.1 Å². The molecule has 144 valence electrons. The first kappa shape index (κ1) is 21.5. The minimum Gasteiger partial charge on any atom is -0.460 e. The summed E-state index contributed by atoms with van der Waals surface area (Å²) in [7, 11) is -2.50. The summed E-state index contributed by atoms with van der Waals surface area (Å²) < 4.78 is 5.01. The van der Waals surface area contributed by atoms with Crippen LogP contribution in [0.5, 0.6) is 0 Å². The lowest BCUT2D eigenvalue weighted by Crippen LogP contribution is -2.63. The van der Waals surface area contributed by atoms with Crippen molar-refractivity contribution in [2.45, 2.75) is 45.2 Å². The standard InChI is InChI=1S/C24H27NO2Si/c1-6-27-23(26)22(25-5)18-13-19-28(24(2,3)4,20-14-9-7-10-15-20)21-16-11-8-12-17-21/h7-12,14-17,22H,6,18H2,1-4H3. The van der Waals surface area contributed by atoms with E-state index >= 15 is 0 Å². The van der Waals surface area contributed by atoms with E-state index in [0.29, 0.717) is 0 Å². The Labute approximate surface area is 169 Å². The Bertz CT molecular complexity index is 844. The zero-order valence-corrected chi connectivity index (χ0v) is 18.0. The first-order valence-electron chi connectivity index (χ1n) is 9.51.